The molecule has 126 valence electrons. The number of ether oxygens (including phenoxy) is 4. The lowest BCUT2D eigenvalue weighted by Gasteiger charge is -2.17. The lowest BCUT2D eigenvalue weighted by atomic mass is 9.92. The molecule has 0 fully saturated rings. The minimum absolute atomic E-state index is 0.0583. The molecule has 1 heterocycles. The third-order valence-electron chi connectivity index (χ3n) is 3.93. The van der Waals surface area contributed by atoms with Crippen molar-refractivity contribution in [3.8, 4) is 23.0 Å². The molecule has 0 spiro atoms. The number of fused-ring (bicyclic) bond motifs is 1. The summed E-state index contributed by atoms with van der Waals surface area (Å²) >= 11 is 0. The zero-order chi connectivity index (χ0) is 17.1. The summed E-state index contributed by atoms with van der Waals surface area (Å²) in [5, 5.41) is 8.64. The summed E-state index contributed by atoms with van der Waals surface area (Å²) < 4.78 is 21.5. The van der Waals surface area contributed by atoms with Gasteiger partial charge >= 0.3 is 5.97 Å². The van der Waals surface area contributed by atoms with Crippen LogP contribution in [0.25, 0.3) is 0 Å². The molecule has 0 saturated heterocycles. The summed E-state index contributed by atoms with van der Waals surface area (Å²) in [6.07, 6.45) is 0. The predicted octanol–water partition coefficient (Wildman–Crippen LogP) is 3.04. The number of carbonyl (C=O) groups is 1. The van der Waals surface area contributed by atoms with E-state index in [1.54, 1.807) is 19.2 Å². The predicted molar refractivity (Wildman–Crippen MR) is 86.2 cm³/mol. The lowest BCUT2D eigenvalue weighted by molar-refractivity contribution is -0.139. The molecule has 0 aliphatic carbocycles. The summed E-state index contributed by atoms with van der Waals surface area (Å²) in [5.41, 5.74) is 2.04. The van der Waals surface area contributed by atoms with Crippen molar-refractivity contribution in [1.29, 1.82) is 0 Å². The second-order valence-corrected chi connectivity index (χ2v) is 5.42. The molecule has 1 atom stereocenters. The van der Waals surface area contributed by atoms with Gasteiger partial charge in [0.2, 0.25) is 6.79 Å². The van der Waals surface area contributed by atoms with E-state index < -0.39 is 5.97 Å². The van der Waals surface area contributed by atoms with E-state index >= 15 is 0 Å². The third kappa shape index (κ3) is 3.22. The number of methoxy groups -OCH3 is 1. The van der Waals surface area contributed by atoms with Crippen LogP contribution in [0.15, 0.2) is 36.4 Å². The van der Waals surface area contributed by atoms with Crippen molar-refractivity contribution in [2.75, 3.05) is 20.5 Å². The molecular weight excluding hydrogens is 312 g/mol. The van der Waals surface area contributed by atoms with E-state index in [1.165, 1.54) is 0 Å². The van der Waals surface area contributed by atoms with Gasteiger partial charge in [0.1, 0.15) is 11.5 Å². The van der Waals surface area contributed by atoms with Crippen molar-refractivity contribution in [2.45, 2.75) is 12.8 Å². The van der Waals surface area contributed by atoms with Gasteiger partial charge < -0.3 is 24.1 Å². The Hall–Kier alpha value is -2.89. The van der Waals surface area contributed by atoms with Gasteiger partial charge in [-0.05, 0) is 23.8 Å². The highest BCUT2D eigenvalue weighted by atomic mass is 16.7. The second kappa shape index (κ2) is 6.70. The van der Waals surface area contributed by atoms with Crippen LogP contribution in [0.5, 0.6) is 23.0 Å². The number of rotatable bonds is 6. The first-order valence-corrected chi connectivity index (χ1v) is 7.50. The Morgan fingerprint density at radius 2 is 1.88 bits per heavy atom. The minimum Gasteiger partial charge on any atom is -0.496 e. The molecule has 2 aromatic carbocycles. The molecule has 0 unspecified atom stereocenters. The van der Waals surface area contributed by atoms with Crippen LogP contribution >= 0.6 is 0 Å². The fourth-order valence-corrected chi connectivity index (χ4v) is 2.63. The highest BCUT2D eigenvalue weighted by Crippen LogP contribution is 2.42. The van der Waals surface area contributed by atoms with Gasteiger partial charge in [-0.3, -0.25) is 0 Å². The van der Waals surface area contributed by atoms with Gasteiger partial charge in [0.15, 0.2) is 18.1 Å². The maximum Gasteiger partial charge on any atom is 0.341 e. The van der Waals surface area contributed by atoms with Crippen LogP contribution in [0.3, 0.4) is 0 Å². The van der Waals surface area contributed by atoms with Crippen LogP contribution in [0.4, 0.5) is 0 Å². The standard InChI is InChI=1S/C18H18O6/c1-11(12-3-5-13(6-4-12)22-9-18(19)20)14-7-16-17(24-10-23-16)8-15(14)21-2/h3-8,11H,9-10H2,1-2H3,(H,19,20)/t11-/m0/s1. The summed E-state index contributed by atoms with van der Waals surface area (Å²) in [6, 6.07) is 11.1. The van der Waals surface area contributed by atoms with Crippen LogP contribution in [0.1, 0.15) is 24.0 Å². The van der Waals surface area contributed by atoms with Gasteiger partial charge in [-0.2, -0.15) is 0 Å². The van der Waals surface area contributed by atoms with Crippen molar-refractivity contribution < 1.29 is 28.8 Å². The van der Waals surface area contributed by atoms with Crippen molar-refractivity contribution in [2.24, 2.45) is 0 Å². The van der Waals surface area contributed by atoms with E-state index in [9.17, 15) is 4.79 Å². The highest BCUT2D eigenvalue weighted by molar-refractivity contribution is 5.68. The van der Waals surface area contributed by atoms with E-state index in [0.29, 0.717) is 17.2 Å². The Bertz CT molecular complexity index is 738. The van der Waals surface area contributed by atoms with Crippen molar-refractivity contribution in [3.63, 3.8) is 0 Å². The van der Waals surface area contributed by atoms with Gasteiger partial charge in [-0.25, -0.2) is 4.79 Å². The largest absolute Gasteiger partial charge is 0.496 e. The molecule has 6 nitrogen and oxygen atoms in total. The van der Waals surface area contributed by atoms with Crippen molar-refractivity contribution in [1.82, 2.24) is 0 Å². The summed E-state index contributed by atoms with van der Waals surface area (Å²) in [7, 11) is 1.62. The number of hydrogen-bond acceptors (Lipinski definition) is 5. The molecule has 0 saturated carbocycles. The Kier molecular flexibility index (Phi) is 4.46. The SMILES string of the molecule is COc1cc2c(cc1[C@@H](C)c1ccc(OCC(=O)O)cc1)OCO2. The van der Waals surface area contributed by atoms with E-state index in [4.69, 9.17) is 24.1 Å². The molecule has 24 heavy (non-hydrogen) atoms. The highest BCUT2D eigenvalue weighted by Gasteiger charge is 2.21. The van der Waals surface area contributed by atoms with E-state index in [1.807, 2.05) is 24.3 Å². The smallest absolute Gasteiger partial charge is 0.341 e. The summed E-state index contributed by atoms with van der Waals surface area (Å²) in [4.78, 5) is 10.5. The Morgan fingerprint density at radius 3 is 2.50 bits per heavy atom. The quantitative estimate of drug-likeness (QED) is 0.877. The van der Waals surface area contributed by atoms with Crippen LogP contribution in [0, 0.1) is 0 Å². The molecule has 6 heteroatoms. The Morgan fingerprint density at radius 1 is 1.21 bits per heavy atom. The summed E-state index contributed by atoms with van der Waals surface area (Å²) in [6.45, 7) is 1.92. The number of aliphatic carboxylic acids is 1. The zero-order valence-corrected chi connectivity index (χ0v) is 13.4. The molecular formula is C18H18O6. The van der Waals surface area contributed by atoms with E-state index in [0.717, 1.165) is 16.9 Å². The number of benzene rings is 2. The normalized spacial score (nSPS) is 13.4. The van der Waals surface area contributed by atoms with Gasteiger partial charge in [-0.15, -0.1) is 0 Å². The first kappa shape index (κ1) is 16.0. The molecule has 1 N–H and O–H groups in total. The Balaban J connectivity index is 1.83. The second-order valence-electron chi connectivity index (χ2n) is 5.42. The number of carboxylic acids is 1. The average molecular weight is 330 g/mol. The fourth-order valence-electron chi connectivity index (χ4n) is 2.63. The first-order valence-electron chi connectivity index (χ1n) is 7.50. The molecule has 0 radical (unpaired) electrons. The first-order chi connectivity index (χ1) is 11.6. The lowest BCUT2D eigenvalue weighted by Crippen LogP contribution is -2.09. The fraction of sp³-hybridized carbons (Fsp3) is 0.278. The molecule has 3 rings (SSSR count). The monoisotopic (exact) mass is 330 g/mol. The van der Waals surface area contributed by atoms with E-state index in [2.05, 4.69) is 6.92 Å². The molecule has 0 amide bonds. The van der Waals surface area contributed by atoms with Crippen LogP contribution in [-0.4, -0.2) is 31.6 Å². The molecule has 0 aromatic heterocycles. The molecule has 0 bridgehead atoms. The maximum absolute atomic E-state index is 10.5. The Labute approximate surface area is 139 Å². The molecule has 1 aliphatic heterocycles. The van der Waals surface area contributed by atoms with Crippen LogP contribution in [-0.2, 0) is 4.79 Å². The number of carboxylic acid groups (broad SMARTS) is 1. The molecule has 2 aromatic rings. The van der Waals surface area contributed by atoms with Crippen molar-refractivity contribution >= 4 is 5.97 Å². The zero-order valence-electron chi connectivity index (χ0n) is 13.4. The van der Waals surface area contributed by atoms with Crippen LogP contribution < -0.4 is 18.9 Å². The van der Waals surface area contributed by atoms with Gasteiger partial charge in [0.05, 0.1) is 7.11 Å². The van der Waals surface area contributed by atoms with Crippen LogP contribution in [0.2, 0.25) is 0 Å². The van der Waals surface area contributed by atoms with Crippen molar-refractivity contribution in [3.05, 3.63) is 47.5 Å². The molecule has 1 aliphatic rings. The summed E-state index contributed by atoms with van der Waals surface area (Å²) in [5.74, 6) is 1.70. The third-order valence-corrected chi connectivity index (χ3v) is 3.93. The van der Waals surface area contributed by atoms with Gasteiger partial charge in [-0.1, -0.05) is 19.1 Å². The number of hydrogen-bond donors (Lipinski definition) is 1. The minimum atomic E-state index is -1.00. The van der Waals surface area contributed by atoms with Gasteiger partial charge in [0, 0.05) is 17.5 Å². The van der Waals surface area contributed by atoms with Gasteiger partial charge in [0.25, 0.3) is 0 Å². The van der Waals surface area contributed by atoms with E-state index in [-0.39, 0.29) is 19.3 Å². The topological polar surface area (TPSA) is 74.2 Å². The maximum atomic E-state index is 10.5. The average Bonchev–Trinajstić information content (AvgIpc) is 3.06.